The number of hydrogen-bond donors (Lipinski definition) is 0. The summed E-state index contributed by atoms with van der Waals surface area (Å²) in [5, 5.41) is 2.58. The summed E-state index contributed by atoms with van der Waals surface area (Å²) in [5.74, 6) is 0.689. The van der Waals surface area contributed by atoms with Crippen LogP contribution in [0.4, 0.5) is 0 Å². The molecule has 0 saturated heterocycles. The summed E-state index contributed by atoms with van der Waals surface area (Å²) in [6.07, 6.45) is 3.85. The van der Waals surface area contributed by atoms with E-state index in [-0.39, 0.29) is 5.41 Å². The van der Waals surface area contributed by atoms with E-state index in [1.165, 1.54) is 59.1 Å². The Kier molecular flexibility index (Phi) is 9.03. The van der Waals surface area contributed by atoms with Gasteiger partial charge in [0.1, 0.15) is 0 Å². The average Bonchev–Trinajstić information content (AvgIpc) is 3.86. The van der Waals surface area contributed by atoms with Gasteiger partial charge in [-0.15, -0.1) is 11.3 Å². The molecule has 0 fully saturated rings. The Hall–Kier alpha value is -7.79. The van der Waals surface area contributed by atoms with Crippen LogP contribution in [-0.2, 0) is 5.41 Å². The molecule has 0 amide bonds. The minimum absolute atomic E-state index is 0.111. The molecular formula is C60H41N3S. The molecule has 64 heavy (non-hydrogen) atoms. The van der Waals surface area contributed by atoms with E-state index in [9.17, 15) is 0 Å². The maximum Gasteiger partial charge on any atom is 0.160 e. The van der Waals surface area contributed by atoms with Crippen molar-refractivity contribution in [2.75, 3.05) is 0 Å². The molecule has 8 aromatic carbocycles. The van der Waals surface area contributed by atoms with Crippen LogP contribution in [0, 0.1) is 0 Å². The first kappa shape index (κ1) is 37.9. The molecule has 1 aliphatic carbocycles. The lowest BCUT2D eigenvalue weighted by Crippen LogP contribution is -2.14. The van der Waals surface area contributed by atoms with Gasteiger partial charge < -0.3 is 0 Å². The van der Waals surface area contributed by atoms with E-state index in [1.54, 1.807) is 0 Å². The van der Waals surface area contributed by atoms with E-state index in [1.807, 2.05) is 35.9 Å². The molecule has 0 unspecified atom stereocenters. The highest BCUT2D eigenvalue weighted by Gasteiger charge is 2.37. The fraction of sp³-hybridized carbons (Fsp3) is 0.0500. The summed E-state index contributed by atoms with van der Waals surface area (Å²) < 4.78 is 2.58. The average molecular weight is 836 g/mol. The molecular weight excluding hydrogens is 795 g/mol. The van der Waals surface area contributed by atoms with Crippen LogP contribution in [0.1, 0.15) is 25.0 Å². The van der Waals surface area contributed by atoms with Crippen molar-refractivity contribution in [1.29, 1.82) is 0 Å². The third-order valence-electron chi connectivity index (χ3n) is 13.0. The number of benzene rings is 8. The highest BCUT2D eigenvalue weighted by atomic mass is 32.1. The Morgan fingerprint density at radius 3 is 1.83 bits per heavy atom. The smallest absolute Gasteiger partial charge is 0.160 e. The van der Waals surface area contributed by atoms with Gasteiger partial charge in [0.05, 0.1) is 11.4 Å². The van der Waals surface area contributed by atoms with Crippen molar-refractivity contribution in [1.82, 2.24) is 15.0 Å². The highest BCUT2D eigenvalue weighted by molar-refractivity contribution is 7.26. The number of pyridine rings is 1. The second kappa shape index (κ2) is 15.2. The van der Waals surface area contributed by atoms with E-state index in [0.717, 1.165) is 55.9 Å². The van der Waals surface area contributed by atoms with Crippen molar-refractivity contribution in [2.45, 2.75) is 19.3 Å². The van der Waals surface area contributed by atoms with Crippen molar-refractivity contribution in [3.63, 3.8) is 0 Å². The monoisotopic (exact) mass is 835 g/mol. The van der Waals surface area contributed by atoms with Crippen molar-refractivity contribution in [3.05, 3.63) is 224 Å². The second-order valence-corrected chi connectivity index (χ2v) is 18.2. The van der Waals surface area contributed by atoms with Gasteiger partial charge in [0, 0.05) is 60.2 Å². The van der Waals surface area contributed by atoms with Crippen LogP contribution in [0.3, 0.4) is 0 Å². The topological polar surface area (TPSA) is 38.7 Å². The normalized spacial score (nSPS) is 12.7. The molecule has 0 atom stereocenters. The standard InChI is InChI=1S/C60H41N3S/c1-60(2)51-24-11-9-21-50(51)57-52(60)31-30-46(56(57)42-19-14-32-61-37-42)39-26-28-40(29-27-39)53-36-54(63-59(62-53)41-17-7-4-8-18-41)45-34-43(38-15-5-3-6-16-38)33-44(35-45)47-22-13-23-49-48-20-10-12-25-55(48)64-58(47)49/h3-37H,1-2H3. The molecule has 11 aromatic rings. The molecule has 0 N–H and O–H groups in total. The molecule has 3 aromatic heterocycles. The van der Waals surface area contributed by atoms with Crippen molar-refractivity contribution >= 4 is 31.5 Å². The largest absolute Gasteiger partial charge is 0.264 e. The van der Waals surface area contributed by atoms with Gasteiger partial charge in [-0.25, -0.2) is 9.97 Å². The fourth-order valence-corrected chi connectivity index (χ4v) is 11.1. The molecule has 302 valence electrons. The Morgan fingerprint density at radius 2 is 1.03 bits per heavy atom. The van der Waals surface area contributed by atoms with Gasteiger partial charge in [0.25, 0.3) is 0 Å². The SMILES string of the molecule is CC1(C)c2ccccc2-c2c1ccc(-c1ccc(-c3cc(-c4cc(-c5ccccc5)cc(-c5cccc6c5sc5ccccc56)c4)nc(-c4ccccc4)n3)cc1)c2-c1cccnc1. The zero-order valence-electron chi connectivity index (χ0n) is 35.5. The molecule has 0 radical (unpaired) electrons. The lowest BCUT2D eigenvalue weighted by molar-refractivity contribution is 0.660. The Bertz CT molecular complexity index is 3560. The molecule has 0 saturated carbocycles. The second-order valence-electron chi connectivity index (χ2n) is 17.2. The molecule has 0 spiro atoms. The number of thiophene rings is 1. The van der Waals surface area contributed by atoms with E-state index in [2.05, 4.69) is 207 Å². The number of hydrogen-bond acceptors (Lipinski definition) is 4. The van der Waals surface area contributed by atoms with Crippen LogP contribution in [-0.4, -0.2) is 15.0 Å². The molecule has 12 rings (SSSR count). The van der Waals surface area contributed by atoms with Crippen LogP contribution >= 0.6 is 11.3 Å². The van der Waals surface area contributed by atoms with Crippen LogP contribution in [0.2, 0.25) is 0 Å². The van der Waals surface area contributed by atoms with Crippen LogP contribution in [0.15, 0.2) is 213 Å². The first-order chi connectivity index (χ1) is 31.5. The van der Waals surface area contributed by atoms with E-state index >= 15 is 0 Å². The molecule has 4 heteroatoms. The van der Waals surface area contributed by atoms with Crippen LogP contribution < -0.4 is 0 Å². The van der Waals surface area contributed by atoms with E-state index in [4.69, 9.17) is 9.97 Å². The van der Waals surface area contributed by atoms with Crippen molar-refractivity contribution < 1.29 is 0 Å². The van der Waals surface area contributed by atoms with Gasteiger partial charge >= 0.3 is 0 Å². The Balaban J connectivity index is 1.02. The maximum atomic E-state index is 5.33. The van der Waals surface area contributed by atoms with E-state index in [0.29, 0.717) is 5.82 Å². The van der Waals surface area contributed by atoms with Gasteiger partial charge in [-0.05, 0) is 97.6 Å². The first-order valence-corrected chi connectivity index (χ1v) is 22.6. The zero-order chi connectivity index (χ0) is 42.8. The number of aromatic nitrogens is 3. The number of rotatable bonds is 7. The third-order valence-corrected chi connectivity index (χ3v) is 14.2. The van der Waals surface area contributed by atoms with Crippen LogP contribution in [0.25, 0.3) is 110 Å². The Morgan fingerprint density at radius 1 is 0.391 bits per heavy atom. The minimum Gasteiger partial charge on any atom is -0.264 e. The summed E-state index contributed by atoms with van der Waals surface area (Å²) in [5.41, 5.74) is 19.3. The maximum absolute atomic E-state index is 5.33. The molecule has 0 aliphatic heterocycles. The summed E-state index contributed by atoms with van der Waals surface area (Å²) in [4.78, 5) is 15.2. The number of nitrogens with zero attached hydrogens (tertiary/aromatic N) is 3. The molecule has 3 nitrogen and oxygen atoms in total. The van der Waals surface area contributed by atoms with Crippen molar-refractivity contribution in [2.24, 2.45) is 0 Å². The summed E-state index contributed by atoms with van der Waals surface area (Å²) in [6, 6.07) is 72.1. The van der Waals surface area contributed by atoms with Gasteiger partial charge in [-0.2, -0.15) is 0 Å². The fourth-order valence-electron chi connectivity index (χ4n) is 9.83. The quantitative estimate of drug-likeness (QED) is 0.161. The first-order valence-electron chi connectivity index (χ1n) is 21.8. The summed E-state index contributed by atoms with van der Waals surface area (Å²) >= 11 is 1.86. The van der Waals surface area contributed by atoms with Gasteiger partial charge in [-0.1, -0.05) is 178 Å². The molecule has 1 aliphatic rings. The van der Waals surface area contributed by atoms with Crippen LogP contribution in [0.5, 0.6) is 0 Å². The van der Waals surface area contributed by atoms with Gasteiger partial charge in [0.2, 0.25) is 0 Å². The van der Waals surface area contributed by atoms with E-state index < -0.39 is 0 Å². The van der Waals surface area contributed by atoms with Crippen molar-refractivity contribution in [3.8, 4) is 89.5 Å². The lowest BCUT2D eigenvalue weighted by Gasteiger charge is -2.23. The minimum atomic E-state index is -0.111. The van der Waals surface area contributed by atoms with Gasteiger partial charge in [0.15, 0.2) is 5.82 Å². The lowest BCUT2D eigenvalue weighted by atomic mass is 9.80. The number of fused-ring (bicyclic) bond motifs is 6. The highest BCUT2D eigenvalue weighted by Crippen LogP contribution is 2.54. The predicted octanol–water partition coefficient (Wildman–Crippen LogP) is 16.2. The third kappa shape index (κ3) is 6.37. The summed E-state index contributed by atoms with van der Waals surface area (Å²) in [6.45, 7) is 4.67. The van der Waals surface area contributed by atoms with Gasteiger partial charge in [-0.3, -0.25) is 4.98 Å². The molecule has 3 heterocycles. The Labute approximate surface area is 377 Å². The summed E-state index contributed by atoms with van der Waals surface area (Å²) in [7, 11) is 0. The molecule has 0 bridgehead atoms. The predicted molar refractivity (Wildman–Crippen MR) is 268 cm³/mol. The zero-order valence-corrected chi connectivity index (χ0v) is 36.3.